The van der Waals surface area contributed by atoms with E-state index < -0.39 is 6.10 Å². The van der Waals surface area contributed by atoms with Crippen LogP contribution in [0.2, 0.25) is 0 Å². The highest BCUT2D eigenvalue weighted by atomic mass is 16.5. The van der Waals surface area contributed by atoms with E-state index in [2.05, 4.69) is 0 Å². The molecule has 0 amide bonds. The second kappa shape index (κ2) is 5.47. The highest BCUT2D eigenvalue weighted by Gasteiger charge is 2.27. The molecule has 0 radical (unpaired) electrons. The molecule has 0 bridgehead atoms. The maximum absolute atomic E-state index is 12.1. The van der Waals surface area contributed by atoms with Crippen molar-refractivity contribution in [1.29, 1.82) is 0 Å². The molecule has 0 heterocycles. The summed E-state index contributed by atoms with van der Waals surface area (Å²) in [5.74, 6) is 0.615. The quantitative estimate of drug-likeness (QED) is 0.929. The van der Waals surface area contributed by atoms with Crippen LogP contribution in [0, 0.1) is 0 Å². The number of hydrogen-bond donors (Lipinski definition) is 1. The second-order valence-electron chi connectivity index (χ2n) is 4.97. The molecule has 1 aliphatic rings. The van der Waals surface area contributed by atoms with Gasteiger partial charge in [-0.1, -0.05) is 42.5 Å². The van der Waals surface area contributed by atoms with Crippen molar-refractivity contribution in [3.8, 4) is 5.75 Å². The Bertz CT molecular complexity index is 619. The van der Waals surface area contributed by atoms with Crippen molar-refractivity contribution >= 4 is 5.78 Å². The monoisotopic (exact) mass is 268 g/mol. The van der Waals surface area contributed by atoms with Crippen molar-refractivity contribution in [2.75, 3.05) is 0 Å². The van der Waals surface area contributed by atoms with E-state index in [0.29, 0.717) is 36.3 Å². The van der Waals surface area contributed by atoms with Crippen LogP contribution in [0.1, 0.15) is 40.4 Å². The van der Waals surface area contributed by atoms with Gasteiger partial charge in [0, 0.05) is 6.42 Å². The van der Waals surface area contributed by atoms with Gasteiger partial charge in [0.05, 0.1) is 11.7 Å². The molecule has 0 spiro atoms. The number of fused-ring (bicyclic) bond motifs is 1. The van der Waals surface area contributed by atoms with E-state index in [-0.39, 0.29) is 5.78 Å². The van der Waals surface area contributed by atoms with Gasteiger partial charge in [0.2, 0.25) is 0 Å². The zero-order valence-corrected chi connectivity index (χ0v) is 11.1. The number of hydrogen-bond acceptors (Lipinski definition) is 3. The number of rotatable bonds is 3. The van der Waals surface area contributed by atoms with Gasteiger partial charge in [0.25, 0.3) is 0 Å². The minimum atomic E-state index is -0.567. The number of ether oxygens (including phenoxy) is 1. The summed E-state index contributed by atoms with van der Waals surface area (Å²) in [5.41, 5.74) is 2.28. The molecular formula is C17H16O3. The van der Waals surface area contributed by atoms with E-state index >= 15 is 0 Å². The Morgan fingerprint density at radius 1 is 1.10 bits per heavy atom. The van der Waals surface area contributed by atoms with E-state index in [1.165, 1.54) is 0 Å². The van der Waals surface area contributed by atoms with Gasteiger partial charge in [-0.2, -0.15) is 0 Å². The normalized spacial score (nSPS) is 17.6. The van der Waals surface area contributed by atoms with Crippen molar-refractivity contribution < 1.29 is 14.6 Å². The van der Waals surface area contributed by atoms with E-state index in [1.807, 2.05) is 36.4 Å². The Kier molecular flexibility index (Phi) is 3.52. The molecule has 1 atom stereocenters. The van der Waals surface area contributed by atoms with Crippen LogP contribution in [-0.2, 0) is 6.61 Å². The largest absolute Gasteiger partial charge is 0.488 e. The fraction of sp³-hybridized carbons (Fsp3) is 0.235. The van der Waals surface area contributed by atoms with Crippen molar-refractivity contribution in [3.63, 3.8) is 0 Å². The van der Waals surface area contributed by atoms with Crippen LogP contribution in [0.3, 0.4) is 0 Å². The average Bonchev–Trinajstić information content (AvgIpc) is 2.50. The summed E-state index contributed by atoms with van der Waals surface area (Å²) in [4.78, 5) is 12.1. The Morgan fingerprint density at radius 2 is 1.90 bits per heavy atom. The first-order chi connectivity index (χ1) is 9.75. The Labute approximate surface area is 117 Å². The highest BCUT2D eigenvalue weighted by Crippen LogP contribution is 2.35. The lowest BCUT2D eigenvalue weighted by molar-refractivity contribution is 0.0890. The number of carbonyl (C=O) groups excluding carboxylic acids is 1. The molecule has 3 heteroatoms. The Morgan fingerprint density at radius 3 is 2.70 bits per heavy atom. The first-order valence-electron chi connectivity index (χ1n) is 6.76. The third-order valence-corrected chi connectivity index (χ3v) is 3.58. The van der Waals surface area contributed by atoms with E-state index in [1.54, 1.807) is 12.1 Å². The van der Waals surface area contributed by atoms with Crippen LogP contribution in [0.4, 0.5) is 0 Å². The number of benzene rings is 2. The molecule has 0 aliphatic heterocycles. The smallest absolute Gasteiger partial charge is 0.167 e. The predicted octanol–water partition coefficient (Wildman–Crippen LogP) is 3.28. The van der Waals surface area contributed by atoms with Gasteiger partial charge in [0.1, 0.15) is 12.4 Å². The average molecular weight is 268 g/mol. The summed E-state index contributed by atoms with van der Waals surface area (Å²) >= 11 is 0. The molecule has 0 unspecified atom stereocenters. The van der Waals surface area contributed by atoms with E-state index in [0.717, 1.165) is 5.56 Å². The summed E-state index contributed by atoms with van der Waals surface area (Å²) < 4.78 is 5.78. The van der Waals surface area contributed by atoms with Crippen molar-refractivity contribution in [3.05, 3.63) is 65.2 Å². The summed E-state index contributed by atoms with van der Waals surface area (Å²) in [6.07, 6.45) is 0.302. The Hall–Kier alpha value is -2.13. The lowest BCUT2D eigenvalue weighted by atomic mass is 9.88. The summed E-state index contributed by atoms with van der Waals surface area (Å²) in [6.45, 7) is 0.417. The summed E-state index contributed by atoms with van der Waals surface area (Å²) in [7, 11) is 0. The molecule has 0 saturated carbocycles. The molecule has 20 heavy (non-hydrogen) atoms. The SMILES string of the molecule is O=C1CC[C@@H](O)c2cccc(OCc3ccccc3)c21. The minimum Gasteiger partial charge on any atom is -0.488 e. The third kappa shape index (κ3) is 2.45. The first kappa shape index (κ1) is 12.9. The van der Waals surface area contributed by atoms with E-state index in [9.17, 15) is 9.90 Å². The first-order valence-corrected chi connectivity index (χ1v) is 6.76. The molecule has 2 aromatic carbocycles. The number of ketones is 1. The summed E-state index contributed by atoms with van der Waals surface area (Å²) in [6, 6.07) is 15.2. The molecule has 1 aliphatic carbocycles. The maximum atomic E-state index is 12.1. The van der Waals surface area contributed by atoms with Gasteiger partial charge in [-0.3, -0.25) is 4.79 Å². The Balaban J connectivity index is 1.87. The molecule has 102 valence electrons. The standard InChI is InChI=1S/C17H16O3/c18-14-9-10-15(19)17-13(14)7-4-8-16(17)20-11-12-5-2-1-3-6-12/h1-8,14,18H,9-11H2/t14-/m1/s1. The molecule has 2 aromatic rings. The van der Waals surface area contributed by atoms with Crippen LogP contribution in [-0.4, -0.2) is 10.9 Å². The lowest BCUT2D eigenvalue weighted by Crippen LogP contribution is -2.16. The zero-order chi connectivity index (χ0) is 13.9. The highest BCUT2D eigenvalue weighted by molar-refractivity contribution is 6.01. The van der Waals surface area contributed by atoms with Gasteiger partial charge in [-0.15, -0.1) is 0 Å². The topological polar surface area (TPSA) is 46.5 Å². The fourth-order valence-electron chi connectivity index (χ4n) is 2.53. The predicted molar refractivity (Wildman–Crippen MR) is 75.7 cm³/mol. The van der Waals surface area contributed by atoms with Crippen molar-refractivity contribution in [2.24, 2.45) is 0 Å². The van der Waals surface area contributed by atoms with Crippen molar-refractivity contribution in [1.82, 2.24) is 0 Å². The zero-order valence-electron chi connectivity index (χ0n) is 11.1. The molecular weight excluding hydrogens is 252 g/mol. The van der Waals surface area contributed by atoms with Crippen LogP contribution >= 0.6 is 0 Å². The van der Waals surface area contributed by atoms with E-state index in [4.69, 9.17) is 4.74 Å². The summed E-state index contributed by atoms with van der Waals surface area (Å²) in [5, 5.41) is 9.98. The lowest BCUT2D eigenvalue weighted by Gasteiger charge is -2.22. The second-order valence-corrected chi connectivity index (χ2v) is 4.97. The van der Waals surface area contributed by atoms with Crippen LogP contribution in [0.5, 0.6) is 5.75 Å². The van der Waals surface area contributed by atoms with Crippen molar-refractivity contribution in [2.45, 2.75) is 25.6 Å². The third-order valence-electron chi connectivity index (χ3n) is 3.58. The van der Waals surface area contributed by atoms with Gasteiger partial charge in [-0.05, 0) is 23.6 Å². The maximum Gasteiger partial charge on any atom is 0.167 e. The van der Waals surface area contributed by atoms with Crippen LogP contribution in [0.15, 0.2) is 48.5 Å². The molecule has 3 rings (SSSR count). The molecule has 0 saturated heterocycles. The van der Waals surface area contributed by atoms with Gasteiger partial charge in [-0.25, -0.2) is 0 Å². The molecule has 3 nitrogen and oxygen atoms in total. The number of aliphatic hydroxyl groups is 1. The fourth-order valence-corrected chi connectivity index (χ4v) is 2.53. The van der Waals surface area contributed by atoms with Crippen LogP contribution in [0.25, 0.3) is 0 Å². The molecule has 0 fully saturated rings. The van der Waals surface area contributed by atoms with Gasteiger partial charge in [0.15, 0.2) is 5.78 Å². The van der Waals surface area contributed by atoms with Gasteiger partial charge < -0.3 is 9.84 Å². The number of aliphatic hydroxyl groups excluding tert-OH is 1. The minimum absolute atomic E-state index is 0.0500. The van der Waals surface area contributed by atoms with Crippen LogP contribution < -0.4 is 4.74 Å². The number of Topliss-reactive ketones (excluding diaryl/α,β-unsaturated/α-hetero) is 1. The molecule has 0 aromatic heterocycles. The van der Waals surface area contributed by atoms with Gasteiger partial charge >= 0.3 is 0 Å². The number of carbonyl (C=O) groups is 1. The molecule has 1 N–H and O–H groups in total.